The van der Waals surface area contributed by atoms with Gasteiger partial charge in [0.2, 0.25) is 0 Å². The van der Waals surface area contributed by atoms with E-state index in [1.807, 2.05) is 0 Å². The molecule has 0 saturated heterocycles. The molecule has 8 nitrogen and oxygen atoms in total. The molecule has 122 valence electrons. The van der Waals surface area contributed by atoms with E-state index in [9.17, 15) is 4.79 Å². The summed E-state index contributed by atoms with van der Waals surface area (Å²) in [5.74, 6) is 0.239. The zero-order valence-corrected chi connectivity index (χ0v) is 13.7. The van der Waals surface area contributed by atoms with Gasteiger partial charge in [-0.05, 0) is 39.7 Å². The first-order chi connectivity index (χ1) is 10.8. The van der Waals surface area contributed by atoms with Crippen LogP contribution in [0.5, 0.6) is 0 Å². The Labute approximate surface area is 137 Å². The number of rotatable bonds is 3. The maximum atomic E-state index is 12.1. The van der Waals surface area contributed by atoms with Crippen LogP contribution < -0.4 is 5.32 Å². The highest BCUT2D eigenvalue weighted by Gasteiger charge is 2.48. The van der Waals surface area contributed by atoms with E-state index in [1.54, 1.807) is 26.8 Å². The van der Waals surface area contributed by atoms with Crippen molar-refractivity contribution in [1.82, 2.24) is 25.7 Å². The van der Waals surface area contributed by atoms with Gasteiger partial charge in [0.25, 0.3) is 5.89 Å². The smallest absolute Gasteiger partial charge is 0.408 e. The van der Waals surface area contributed by atoms with Gasteiger partial charge in [0.1, 0.15) is 5.60 Å². The number of carbonyl (C=O) groups is 1. The van der Waals surface area contributed by atoms with Crippen molar-refractivity contribution < 1.29 is 14.1 Å². The Morgan fingerprint density at radius 1 is 1.39 bits per heavy atom. The second kappa shape index (κ2) is 5.45. The molecule has 1 aliphatic carbocycles. The summed E-state index contributed by atoms with van der Waals surface area (Å²) in [5.41, 5.74) is -0.105. The van der Waals surface area contributed by atoms with Gasteiger partial charge in [-0.3, -0.25) is 0 Å². The number of amides is 1. The molecule has 3 rings (SSSR count). The lowest BCUT2D eigenvalue weighted by atomic mass is 10.1. The van der Waals surface area contributed by atoms with Crippen molar-refractivity contribution in [2.45, 2.75) is 44.8 Å². The first-order valence-electron chi connectivity index (χ1n) is 7.11. The molecule has 0 atom stereocenters. The van der Waals surface area contributed by atoms with E-state index < -0.39 is 17.2 Å². The van der Waals surface area contributed by atoms with Crippen LogP contribution in [0.4, 0.5) is 4.79 Å². The second-order valence-electron chi connectivity index (χ2n) is 6.39. The average Bonchev–Trinajstić information content (AvgIpc) is 3.00. The molecule has 0 radical (unpaired) electrons. The molecule has 1 aliphatic rings. The standard InChI is InChI=1S/C14H16ClN5O3/c1-13(2,3)22-12(21)18-14(4-5-14)8-6-9(19-20-10(8)15)11-16-7-17-23-11/h6-7H,4-5H2,1-3H3,(H,18,21). The molecular formula is C14H16ClN5O3. The van der Waals surface area contributed by atoms with Crippen LogP contribution in [0.1, 0.15) is 39.2 Å². The van der Waals surface area contributed by atoms with Crippen LogP contribution in [0, 0.1) is 0 Å². The summed E-state index contributed by atoms with van der Waals surface area (Å²) in [5, 5.41) is 14.5. The SMILES string of the molecule is CC(C)(C)OC(=O)NC1(c2cc(-c3ncno3)nnc2Cl)CC1. The van der Waals surface area contributed by atoms with Gasteiger partial charge in [0, 0.05) is 5.56 Å². The van der Waals surface area contributed by atoms with E-state index in [4.69, 9.17) is 20.9 Å². The number of alkyl carbamates (subject to hydrolysis) is 1. The Bertz CT molecular complexity index is 723. The molecular weight excluding hydrogens is 322 g/mol. The summed E-state index contributed by atoms with van der Waals surface area (Å²) < 4.78 is 10.3. The average molecular weight is 338 g/mol. The topological polar surface area (TPSA) is 103 Å². The first-order valence-corrected chi connectivity index (χ1v) is 7.49. The lowest BCUT2D eigenvalue weighted by molar-refractivity contribution is 0.0495. The minimum Gasteiger partial charge on any atom is -0.444 e. The van der Waals surface area contributed by atoms with Crippen molar-refractivity contribution >= 4 is 17.7 Å². The van der Waals surface area contributed by atoms with Gasteiger partial charge < -0.3 is 14.6 Å². The first kappa shape index (κ1) is 15.7. The van der Waals surface area contributed by atoms with Gasteiger partial charge in [0.05, 0.1) is 5.54 Å². The largest absolute Gasteiger partial charge is 0.444 e. The van der Waals surface area contributed by atoms with Crippen molar-refractivity contribution in [1.29, 1.82) is 0 Å². The molecule has 0 bridgehead atoms. The van der Waals surface area contributed by atoms with Crippen molar-refractivity contribution in [3.05, 3.63) is 23.1 Å². The van der Waals surface area contributed by atoms with Gasteiger partial charge in [0.15, 0.2) is 17.2 Å². The number of ether oxygens (including phenoxy) is 1. The van der Waals surface area contributed by atoms with Gasteiger partial charge in [-0.15, -0.1) is 10.2 Å². The molecule has 1 saturated carbocycles. The molecule has 1 fully saturated rings. The van der Waals surface area contributed by atoms with Gasteiger partial charge in [-0.2, -0.15) is 4.98 Å². The van der Waals surface area contributed by atoms with E-state index in [1.165, 1.54) is 6.33 Å². The predicted octanol–water partition coefficient (Wildman–Crippen LogP) is 2.69. The summed E-state index contributed by atoms with van der Waals surface area (Å²) in [7, 11) is 0. The summed E-state index contributed by atoms with van der Waals surface area (Å²) in [6.45, 7) is 5.42. The van der Waals surface area contributed by atoms with Gasteiger partial charge in [-0.25, -0.2) is 4.79 Å². The molecule has 1 amide bonds. The van der Waals surface area contributed by atoms with E-state index in [-0.39, 0.29) is 11.0 Å². The van der Waals surface area contributed by atoms with E-state index in [0.29, 0.717) is 11.3 Å². The molecule has 0 aliphatic heterocycles. The molecule has 2 heterocycles. The number of aromatic nitrogens is 4. The van der Waals surface area contributed by atoms with E-state index in [2.05, 4.69) is 25.7 Å². The minimum atomic E-state index is -0.593. The number of nitrogens with one attached hydrogen (secondary N) is 1. The fraction of sp³-hybridized carbons (Fsp3) is 0.500. The maximum absolute atomic E-state index is 12.1. The van der Waals surface area contributed by atoms with E-state index in [0.717, 1.165) is 12.8 Å². The van der Waals surface area contributed by atoms with Gasteiger partial charge in [-0.1, -0.05) is 16.8 Å². The Hall–Kier alpha value is -2.22. The van der Waals surface area contributed by atoms with Crippen molar-refractivity contribution in [3.8, 4) is 11.6 Å². The molecule has 0 spiro atoms. The Kier molecular flexibility index (Phi) is 3.71. The Morgan fingerprint density at radius 3 is 2.70 bits per heavy atom. The third-order valence-electron chi connectivity index (χ3n) is 3.34. The fourth-order valence-electron chi connectivity index (χ4n) is 2.19. The van der Waals surface area contributed by atoms with Crippen LogP contribution in [0.15, 0.2) is 16.9 Å². The van der Waals surface area contributed by atoms with Gasteiger partial charge >= 0.3 is 6.09 Å². The summed E-state index contributed by atoms with van der Waals surface area (Å²) in [6, 6.07) is 1.70. The fourth-order valence-corrected chi connectivity index (χ4v) is 2.46. The Morgan fingerprint density at radius 2 is 2.13 bits per heavy atom. The molecule has 0 aromatic carbocycles. The Balaban J connectivity index is 1.86. The van der Waals surface area contributed by atoms with Crippen LogP contribution in [0.2, 0.25) is 5.15 Å². The van der Waals surface area contributed by atoms with Crippen molar-refractivity contribution in [2.75, 3.05) is 0 Å². The van der Waals surface area contributed by atoms with Crippen LogP contribution in [0.25, 0.3) is 11.6 Å². The highest BCUT2D eigenvalue weighted by atomic mass is 35.5. The summed E-state index contributed by atoms with van der Waals surface area (Å²) >= 11 is 6.17. The predicted molar refractivity (Wildman–Crippen MR) is 80.6 cm³/mol. The van der Waals surface area contributed by atoms with Crippen LogP contribution >= 0.6 is 11.6 Å². The molecule has 2 aromatic heterocycles. The molecule has 9 heteroatoms. The third-order valence-corrected chi connectivity index (χ3v) is 3.61. The summed E-state index contributed by atoms with van der Waals surface area (Å²) in [6.07, 6.45) is 2.25. The van der Waals surface area contributed by atoms with Crippen LogP contribution in [0.3, 0.4) is 0 Å². The highest BCUT2D eigenvalue weighted by Crippen LogP contribution is 2.48. The zero-order chi connectivity index (χ0) is 16.7. The van der Waals surface area contributed by atoms with Crippen molar-refractivity contribution in [3.63, 3.8) is 0 Å². The number of nitrogens with zero attached hydrogens (tertiary/aromatic N) is 4. The minimum absolute atomic E-state index is 0.224. The highest BCUT2D eigenvalue weighted by molar-refractivity contribution is 6.30. The molecule has 23 heavy (non-hydrogen) atoms. The lowest BCUT2D eigenvalue weighted by Gasteiger charge is -2.24. The normalized spacial score (nSPS) is 16.0. The number of hydrogen-bond acceptors (Lipinski definition) is 7. The quantitative estimate of drug-likeness (QED) is 0.918. The number of hydrogen-bond donors (Lipinski definition) is 1. The van der Waals surface area contributed by atoms with Crippen molar-refractivity contribution in [2.24, 2.45) is 0 Å². The third kappa shape index (κ3) is 3.42. The molecule has 0 unspecified atom stereocenters. The lowest BCUT2D eigenvalue weighted by Crippen LogP contribution is -2.39. The monoisotopic (exact) mass is 337 g/mol. The number of halogens is 1. The molecule has 2 aromatic rings. The molecule has 1 N–H and O–H groups in total. The zero-order valence-electron chi connectivity index (χ0n) is 13.0. The van der Waals surface area contributed by atoms with Crippen LogP contribution in [-0.2, 0) is 10.3 Å². The second-order valence-corrected chi connectivity index (χ2v) is 6.75. The summed E-state index contributed by atoms with van der Waals surface area (Å²) in [4.78, 5) is 16.0. The van der Waals surface area contributed by atoms with Crippen LogP contribution in [-0.4, -0.2) is 32.0 Å². The maximum Gasteiger partial charge on any atom is 0.408 e. The number of carbonyl (C=O) groups excluding carboxylic acids is 1. The van der Waals surface area contributed by atoms with E-state index >= 15 is 0 Å².